The molecule has 2 aliphatic rings. The number of amides is 1. The zero-order valence-corrected chi connectivity index (χ0v) is 10.2. The summed E-state index contributed by atoms with van der Waals surface area (Å²) in [7, 11) is 1.70. The molecular weight excluding hydrogens is 204 g/mol. The van der Waals surface area contributed by atoms with Crippen LogP contribution in [0.1, 0.15) is 32.6 Å². The second kappa shape index (κ2) is 5.15. The first-order valence-corrected chi connectivity index (χ1v) is 6.25. The Morgan fingerprint density at radius 3 is 2.75 bits per heavy atom. The molecule has 2 rings (SSSR count). The minimum atomic E-state index is -0.0548. The summed E-state index contributed by atoms with van der Waals surface area (Å²) in [6, 6.07) is 0.340. The minimum Gasteiger partial charge on any atom is -0.380 e. The van der Waals surface area contributed by atoms with Crippen LogP contribution in [-0.2, 0) is 9.53 Å². The maximum atomic E-state index is 11.9. The highest BCUT2D eigenvalue weighted by atomic mass is 16.5. The van der Waals surface area contributed by atoms with Crippen molar-refractivity contribution in [1.82, 2.24) is 10.6 Å². The summed E-state index contributed by atoms with van der Waals surface area (Å²) in [6.07, 6.45) is 4.49. The van der Waals surface area contributed by atoms with Crippen molar-refractivity contribution in [3.05, 3.63) is 0 Å². The molecule has 0 aromatic heterocycles. The van der Waals surface area contributed by atoms with E-state index in [1.165, 1.54) is 6.42 Å². The number of hydrogen-bond acceptors (Lipinski definition) is 3. The van der Waals surface area contributed by atoms with Gasteiger partial charge >= 0.3 is 0 Å². The summed E-state index contributed by atoms with van der Waals surface area (Å²) in [5, 5.41) is 6.34. The molecule has 4 heteroatoms. The Morgan fingerprint density at radius 2 is 2.19 bits per heavy atom. The first kappa shape index (κ1) is 11.9. The summed E-state index contributed by atoms with van der Waals surface area (Å²) in [5.74, 6) is 0.909. The van der Waals surface area contributed by atoms with E-state index in [0.29, 0.717) is 6.04 Å². The molecule has 1 aliphatic heterocycles. The SMILES string of the molecule is COC1CNC(C(=O)NC2CCC(C)C2)C1. The largest absolute Gasteiger partial charge is 0.380 e. The molecule has 0 bridgehead atoms. The van der Waals surface area contributed by atoms with Crippen LogP contribution < -0.4 is 10.6 Å². The molecular formula is C12H22N2O2. The van der Waals surface area contributed by atoms with Gasteiger partial charge in [0.1, 0.15) is 0 Å². The summed E-state index contributed by atoms with van der Waals surface area (Å²) >= 11 is 0. The van der Waals surface area contributed by atoms with E-state index in [1.54, 1.807) is 7.11 Å². The molecule has 92 valence electrons. The van der Waals surface area contributed by atoms with Crippen molar-refractivity contribution in [3.8, 4) is 0 Å². The third-order valence-electron chi connectivity index (χ3n) is 3.78. The fourth-order valence-electron chi connectivity index (χ4n) is 2.72. The molecule has 1 saturated heterocycles. The number of carbonyl (C=O) groups is 1. The number of carbonyl (C=O) groups excluding carboxylic acids is 1. The van der Waals surface area contributed by atoms with Crippen LogP contribution in [0.25, 0.3) is 0 Å². The number of nitrogens with one attached hydrogen (secondary N) is 2. The van der Waals surface area contributed by atoms with Crippen LogP contribution in [0.15, 0.2) is 0 Å². The van der Waals surface area contributed by atoms with Gasteiger partial charge in [0, 0.05) is 19.7 Å². The van der Waals surface area contributed by atoms with E-state index in [9.17, 15) is 4.79 Å². The van der Waals surface area contributed by atoms with Crippen molar-refractivity contribution in [3.63, 3.8) is 0 Å². The Kier molecular flexibility index (Phi) is 3.82. The van der Waals surface area contributed by atoms with Crippen LogP contribution in [0.2, 0.25) is 0 Å². The number of hydrogen-bond donors (Lipinski definition) is 2. The first-order chi connectivity index (χ1) is 7.69. The number of methoxy groups -OCH3 is 1. The van der Waals surface area contributed by atoms with Crippen molar-refractivity contribution in [2.45, 2.75) is 50.8 Å². The average molecular weight is 226 g/mol. The van der Waals surface area contributed by atoms with Gasteiger partial charge in [0.15, 0.2) is 0 Å². The van der Waals surface area contributed by atoms with Crippen LogP contribution in [-0.4, -0.2) is 37.7 Å². The molecule has 0 radical (unpaired) electrons. The summed E-state index contributed by atoms with van der Waals surface area (Å²) in [6.45, 7) is 3.04. The zero-order chi connectivity index (χ0) is 11.5. The number of rotatable bonds is 3. The van der Waals surface area contributed by atoms with Gasteiger partial charge in [-0.3, -0.25) is 4.79 Å². The van der Waals surface area contributed by atoms with Crippen molar-refractivity contribution in [2.24, 2.45) is 5.92 Å². The van der Waals surface area contributed by atoms with Crippen molar-refractivity contribution in [1.29, 1.82) is 0 Å². The molecule has 1 heterocycles. The Balaban J connectivity index is 1.76. The van der Waals surface area contributed by atoms with Crippen LogP contribution in [0.3, 0.4) is 0 Å². The van der Waals surface area contributed by atoms with Gasteiger partial charge in [0.2, 0.25) is 5.91 Å². The summed E-state index contributed by atoms with van der Waals surface area (Å²) < 4.78 is 5.24. The molecule has 1 amide bonds. The summed E-state index contributed by atoms with van der Waals surface area (Å²) in [4.78, 5) is 11.9. The van der Waals surface area contributed by atoms with E-state index in [2.05, 4.69) is 17.6 Å². The Bertz CT molecular complexity index is 257. The van der Waals surface area contributed by atoms with E-state index in [4.69, 9.17) is 4.74 Å². The van der Waals surface area contributed by atoms with Crippen LogP contribution in [0.5, 0.6) is 0 Å². The molecule has 1 aliphatic carbocycles. The van der Waals surface area contributed by atoms with Gasteiger partial charge in [-0.15, -0.1) is 0 Å². The number of ether oxygens (including phenoxy) is 1. The zero-order valence-electron chi connectivity index (χ0n) is 10.2. The Hall–Kier alpha value is -0.610. The van der Waals surface area contributed by atoms with E-state index in [1.807, 2.05) is 0 Å². The predicted molar refractivity (Wildman–Crippen MR) is 62.2 cm³/mol. The van der Waals surface area contributed by atoms with Gasteiger partial charge in [0.05, 0.1) is 12.1 Å². The first-order valence-electron chi connectivity index (χ1n) is 6.25. The van der Waals surface area contributed by atoms with Crippen LogP contribution >= 0.6 is 0 Å². The average Bonchev–Trinajstić information content (AvgIpc) is 2.87. The molecule has 0 aromatic carbocycles. The second-order valence-corrected chi connectivity index (χ2v) is 5.18. The monoisotopic (exact) mass is 226 g/mol. The topological polar surface area (TPSA) is 50.4 Å². The lowest BCUT2D eigenvalue weighted by Gasteiger charge is -2.16. The maximum absolute atomic E-state index is 11.9. The molecule has 4 unspecified atom stereocenters. The highest BCUT2D eigenvalue weighted by molar-refractivity contribution is 5.82. The predicted octanol–water partition coefficient (Wildman–Crippen LogP) is 0.668. The molecule has 16 heavy (non-hydrogen) atoms. The van der Waals surface area contributed by atoms with Gasteiger partial charge < -0.3 is 15.4 Å². The standard InChI is InChI=1S/C12H22N2O2/c1-8-3-4-9(5-8)14-12(15)11-6-10(16-2)7-13-11/h8-11,13H,3-7H2,1-2H3,(H,14,15). The quantitative estimate of drug-likeness (QED) is 0.743. The van der Waals surface area contributed by atoms with Gasteiger partial charge in [-0.05, 0) is 31.6 Å². The molecule has 2 N–H and O–H groups in total. The van der Waals surface area contributed by atoms with Gasteiger partial charge in [-0.1, -0.05) is 6.92 Å². The smallest absolute Gasteiger partial charge is 0.237 e. The fourth-order valence-corrected chi connectivity index (χ4v) is 2.72. The minimum absolute atomic E-state index is 0.0548. The van der Waals surface area contributed by atoms with E-state index >= 15 is 0 Å². The molecule has 1 saturated carbocycles. The Morgan fingerprint density at radius 1 is 1.38 bits per heavy atom. The normalized spacial score (nSPS) is 38.9. The van der Waals surface area contributed by atoms with Gasteiger partial charge in [0.25, 0.3) is 0 Å². The summed E-state index contributed by atoms with van der Waals surface area (Å²) in [5.41, 5.74) is 0. The van der Waals surface area contributed by atoms with E-state index in [-0.39, 0.29) is 18.1 Å². The van der Waals surface area contributed by atoms with Crippen LogP contribution in [0, 0.1) is 5.92 Å². The molecule has 4 atom stereocenters. The van der Waals surface area contributed by atoms with Crippen molar-refractivity contribution in [2.75, 3.05) is 13.7 Å². The lowest BCUT2D eigenvalue weighted by atomic mass is 10.1. The fraction of sp³-hybridized carbons (Fsp3) is 0.917. The third-order valence-corrected chi connectivity index (χ3v) is 3.78. The second-order valence-electron chi connectivity index (χ2n) is 5.18. The van der Waals surface area contributed by atoms with Crippen molar-refractivity contribution >= 4 is 5.91 Å². The third kappa shape index (κ3) is 2.74. The highest BCUT2D eigenvalue weighted by Gasteiger charge is 2.31. The molecule has 0 spiro atoms. The molecule has 0 aromatic rings. The highest BCUT2D eigenvalue weighted by Crippen LogP contribution is 2.24. The molecule has 2 fully saturated rings. The lowest BCUT2D eigenvalue weighted by Crippen LogP contribution is -2.44. The lowest BCUT2D eigenvalue weighted by molar-refractivity contribution is -0.123. The van der Waals surface area contributed by atoms with Crippen LogP contribution in [0.4, 0.5) is 0 Å². The van der Waals surface area contributed by atoms with Gasteiger partial charge in [-0.25, -0.2) is 0 Å². The maximum Gasteiger partial charge on any atom is 0.237 e. The Labute approximate surface area is 97.1 Å². The van der Waals surface area contributed by atoms with Crippen molar-refractivity contribution < 1.29 is 9.53 Å². The van der Waals surface area contributed by atoms with E-state index < -0.39 is 0 Å². The van der Waals surface area contributed by atoms with E-state index in [0.717, 1.165) is 31.7 Å². The molecule has 4 nitrogen and oxygen atoms in total. The van der Waals surface area contributed by atoms with Gasteiger partial charge in [-0.2, -0.15) is 0 Å².